The van der Waals surface area contributed by atoms with Crippen LogP contribution in [0.15, 0.2) is 9.59 Å². The molecule has 1 saturated heterocycles. The Morgan fingerprint density at radius 3 is 2.68 bits per heavy atom. The minimum Gasteiger partial charge on any atom is -0.303 e. The lowest BCUT2D eigenvalue weighted by Gasteiger charge is -2.37. The van der Waals surface area contributed by atoms with E-state index < -0.39 is 5.69 Å². The number of hydrogen-bond donors (Lipinski definition) is 1. The Hall–Kier alpha value is -1.11. The maximum Gasteiger partial charge on any atom is 0.329 e. The Balaban J connectivity index is 2.31. The van der Waals surface area contributed by atoms with Gasteiger partial charge in [-0.25, -0.2) is 4.79 Å². The number of aromatic nitrogens is 2. The van der Waals surface area contributed by atoms with Crippen molar-refractivity contribution in [1.82, 2.24) is 19.4 Å². The van der Waals surface area contributed by atoms with Crippen LogP contribution in [0.1, 0.15) is 5.56 Å². The molecule has 0 radical (unpaired) electrons. The molecule has 1 aliphatic heterocycles. The summed E-state index contributed by atoms with van der Waals surface area (Å²) in [5.74, 6) is 0. The fraction of sp³-hybridized carbons (Fsp3) is 0.667. The topological polar surface area (TPSA) is 61.3 Å². The molecule has 0 amide bonds. The fourth-order valence-corrected chi connectivity index (χ4v) is 2.48. The molecule has 7 heteroatoms. The quantitative estimate of drug-likeness (QED) is 0.762. The lowest BCUT2D eigenvalue weighted by Crippen LogP contribution is -2.54. The van der Waals surface area contributed by atoms with Crippen LogP contribution < -0.4 is 11.2 Å². The first-order valence-electron chi connectivity index (χ1n) is 6.28. The van der Waals surface area contributed by atoms with Gasteiger partial charge in [0.15, 0.2) is 0 Å². The van der Waals surface area contributed by atoms with Crippen LogP contribution in [0.4, 0.5) is 0 Å². The molecular formula is C12H19ClN4O2. The van der Waals surface area contributed by atoms with Gasteiger partial charge in [-0.05, 0) is 21.0 Å². The number of piperazine rings is 1. The van der Waals surface area contributed by atoms with Crippen LogP contribution in [-0.4, -0.2) is 59.1 Å². The zero-order valence-electron chi connectivity index (χ0n) is 11.4. The zero-order valence-corrected chi connectivity index (χ0v) is 12.2. The molecule has 1 aromatic heterocycles. The standard InChI is InChI=1S/C12H19ClN4O2/c1-8-10(13)14-12(19)17(11(8)18)7-9-6-15(2)4-5-16(9)3/h9H,4-7H2,1-3H3,(H,14,19). The minimum atomic E-state index is -0.442. The van der Waals surface area contributed by atoms with Crippen LogP contribution in [0, 0.1) is 6.92 Å². The molecule has 0 saturated carbocycles. The van der Waals surface area contributed by atoms with E-state index in [4.69, 9.17) is 11.6 Å². The Morgan fingerprint density at radius 2 is 2.00 bits per heavy atom. The number of H-pyrrole nitrogens is 1. The lowest BCUT2D eigenvalue weighted by atomic mass is 10.2. The van der Waals surface area contributed by atoms with Crippen LogP contribution >= 0.6 is 11.6 Å². The molecule has 6 nitrogen and oxygen atoms in total. The predicted octanol–water partition coefficient (Wildman–Crippen LogP) is -0.256. The fourth-order valence-electron chi connectivity index (χ4n) is 2.32. The summed E-state index contributed by atoms with van der Waals surface area (Å²) in [6.07, 6.45) is 0. The molecule has 1 aromatic rings. The van der Waals surface area contributed by atoms with Gasteiger partial charge in [0, 0.05) is 37.8 Å². The summed E-state index contributed by atoms with van der Waals surface area (Å²) in [5.41, 5.74) is -0.370. The van der Waals surface area contributed by atoms with Gasteiger partial charge in [-0.1, -0.05) is 11.6 Å². The van der Waals surface area contributed by atoms with Crippen LogP contribution in [0.2, 0.25) is 5.15 Å². The van der Waals surface area contributed by atoms with E-state index in [1.165, 1.54) is 4.57 Å². The smallest absolute Gasteiger partial charge is 0.303 e. The summed E-state index contributed by atoms with van der Waals surface area (Å²) < 4.78 is 1.24. The van der Waals surface area contributed by atoms with E-state index in [0.29, 0.717) is 12.1 Å². The molecule has 1 unspecified atom stereocenters. The average molecular weight is 287 g/mol. The van der Waals surface area contributed by atoms with Crippen molar-refractivity contribution in [3.63, 3.8) is 0 Å². The summed E-state index contributed by atoms with van der Waals surface area (Å²) in [4.78, 5) is 30.8. The molecule has 1 fully saturated rings. The first-order chi connectivity index (χ1) is 8.90. The van der Waals surface area contributed by atoms with Gasteiger partial charge in [-0.2, -0.15) is 0 Å². The second-order valence-electron chi connectivity index (χ2n) is 5.18. The molecule has 0 bridgehead atoms. The van der Waals surface area contributed by atoms with E-state index in [1.54, 1.807) is 6.92 Å². The highest BCUT2D eigenvalue weighted by atomic mass is 35.5. The third kappa shape index (κ3) is 2.91. The first-order valence-corrected chi connectivity index (χ1v) is 6.66. The maximum atomic E-state index is 12.1. The van der Waals surface area contributed by atoms with Crippen molar-refractivity contribution in [3.8, 4) is 0 Å². The molecule has 2 heterocycles. The molecule has 1 aliphatic rings. The Kier molecular flexibility index (Phi) is 4.13. The minimum absolute atomic E-state index is 0.125. The van der Waals surface area contributed by atoms with Crippen molar-refractivity contribution in [2.24, 2.45) is 0 Å². The number of rotatable bonds is 2. The van der Waals surface area contributed by atoms with Crippen molar-refractivity contribution >= 4 is 11.6 Å². The van der Waals surface area contributed by atoms with Crippen molar-refractivity contribution < 1.29 is 0 Å². The highest BCUT2D eigenvalue weighted by Gasteiger charge is 2.24. The summed E-state index contributed by atoms with van der Waals surface area (Å²) >= 11 is 5.80. The van der Waals surface area contributed by atoms with E-state index in [2.05, 4.69) is 14.8 Å². The maximum absolute atomic E-state index is 12.1. The number of aromatic amines is 1. The van der Waals surface area contributed by atoms with Crippen molar-refractivity contribution in [3.05, 3.63) is 31.6 Å². The molecule has 1 atom stereocenters. The number of nitrogens with zero attached hydrogens (tertiary/aromatic N) is 3. The summed E-state index contributed by atoms with van der Waals surface area (Å²) in [6, 6.07) is 0.151. The third-order valence-electron chi connectivity index (χ3n) is 3.73. The number of halogens is 1. The van der Waals surface area contributed by atoms with E-state index in [0.717, 1.165) is 19.6 Å². The molecule has 106 valence electrons. The second-order valence-corrected chi connectivity index (χ2v) is 5.56. The van der Waals surface area contributed by atoms with Crippen LogP contribution in [0.5, 0.6) is 0 Å². The van der Waals surface area contributed by atoms with Gasteiger partial charge >= 0.3 is 5.69 Å². The molecule has 0 aliphatic carbocycles. The van der Waals surface area contributed by atoms with E-state index in [1.807, 2.05) is 14.1 Å². The molecular weight excluding hydrogens is 268 g/mol. The van der Waals surface area contributed by atoms with E-state index in [-0.39, 0.29) is 16.8 Å². The van der Waals surface area contributed by atoms with Crippen molar-refractivity contribution in [1.29, 1.82) is 0 Å². The summed E-state index contributed by atoms with van der Waals surface area (Å²) in [7, 11) is 4.06. The normalized spacial score (nSPS) is 21.8. The zero-order chi connectivity index (χ0) is 14.2. The second kappa shape index (κ2) is 5.48. The van der Waals surface area contributed by atoms with Gasteiger partial charge in [-0.15, -0.1) is 0 Å². The molecule has 0 aromatic carbocycles. The third-order valence-corrected chi connectivity index (χ3v) is 4.11. The van der Waals surface area contributed by atoms with Crippen LogP contribution in [0.3, 0.4) is 0 Å². The SMILES string of the molecule is Cc1c(Cl)[nH]c(=O)n(CC2CN(C)CCN2C)c1=O. The van der Waals surface area contributed by atoms with Crippen LogP contribution in [-0.2, 0) is 6.54 Å². The van der Waals surface area contributed by atoms with Gasteiger partial charge in [0.2, 0.25) is 0 Å². The summed E-state index contributed by atoms with van der Waals surface area (Å²) in [5, 5.41) is 0.125. The highest BCUT2D eigenvalue weighted by Crippen LogP contribution is 2.08. The predicted molar refractivity (Wildman–Crippen MR) is 75.0 cm³/mol. The monoisotopic (exact) mass is 286 g/mol. The molecule has 19 heavy (non-hydrogen) atoms. The number of nitrogens with one attached hydrogen (secondary N) is 1. The van der Waals surface area contributed by atoms with E-state index in [9.17, 15) is 9.59 Å². The van der Waals surface area contributed by atoms with Gasteiger partial charge in [-0.3, -0.25) is 19.2 Å². The number of hydrogen-bond acceptors (Lipinski definition) is 4. The Labute approximate surface area is 116 Å². The van der Waals surface area contributed by atoms with Gasteiger partial charge in [0.25, 0.3) is 5.56 Å². The lowest BCUT2D eigenvalue weighted by molar-refractivity contribution is 0.101. The Morgan fingerprint density at radius 1 is 1.32 bits per heavy atom. The highest BCUT2D eigenvalue weighted by molar-refractivity contribution is 6.30. The molecule has 2 rings (SSSR count). The molecule has 0 spiro atoms. The van der Waals surface area contributed by atoms with Gasteiger partial charge in [0.1, 0.15) is 5.15 Å². The largest absolute Gasteiger partial charge is 0.329 e. The number of likely N-dealkylation sites (N-methyl/N-ethyl adjacent to an activating group) is 2. The van der Waals surface area contributed by atoms with Crippen LogP contribution in [0.25, 0.3) is 0 Å². The molecule has 1 N–H and O–H groups in total. The average Bonchev–Trinajstić information content (AvgIpc) is 2.36. The first kappa shape index (κ1) is 14.3. The van der Waals surface area contributed by atoms with Gasteiger partial charge in [0.05, 0.1) is 0 Å². The van der Waals surface area contributed by atoms with Crippen molar-refractivity contribution in [2.45, 2.75) is 19.5 Å². The summed E-state index contributed by atoms with van der Waals surface area (Å²) in [6.45, 7) is 4.77. The van der Waals surface area contributed by atoms with E-state index >= 15 is 0 Å². The Bertz CT molecular complexity index is 580. The van der Waals surface area contributed by atoms with Crippen molar-refractivity contribution in [2.75, 3.05) is 33.7 Å². The van der Waals surface area contributed by atoms with Gasteiger partial charge < -0.3 is 4.90 Å².